The second kappa shape index (κ2) is 13.6. The van der Waals surface area contributed by atoms with Crippen LogP contribution in [-0.4, -0.2) is 77.3 Å². The van der Waals surface area contributed by atoms with Crippen molar-refractivity contribution in [1.29, 1.82) is 0 Å². The monoisotopic (exact) mass is 495 g/mol. The summed E-state index contributed by atoms with van der Waals surface area (Å²) < 4.78 is 32.8. The van der Waals surface area contributed by atoms with Crippen LogP contribution in [0.2, 0.25) is 0 Å². The minimum absolute atomic E-state index is 0.158. The summed E-state index contributed by atoms with van der Waals surface area (Å²) in [6, 6.07) is 4.03. The number of benzene rings is 1. The minimum Gasteiger partial charge on any atom is -0.497 e. The smallest absolute Gasteiger partial charge is 0.243 e. The van der Waals surface area contributed by atoms with Crippen LogP contribution in [0.1, 0.15) is 62.5 Å². The van der Waals surface area contributed by atoms with Gasteiger partial charge in [0, 0.05) is 32.5 Å². The van der Waals surface area contributed by atoms with Gasteiger partial charge in [-0.05, 0) is 109 Å². The first-order valence-electron chi connectivity index (χ1n) is 12.6. The van der Waals surface area contributed by atoms with Gasteiger partial charge in [0.15, 0.2) is 0 Å². The van der Waals surface area contributed by atoms with Gasteiger partial charge in [-0.15, -0.1) is 0 Å². The molecule has 1 aromatic rings. The van der Waals surface area contributed by atoms with Gasteiger partial charge in [0.1, 0.15) is 11.5 Å². The second-order valence-electron chi connectivity index (χ2n) is 10.1. The molecule has 1 saturated carbocycles. The van der Waals surface area contributed by atoms with E-state index in [-0.39, 0.29) is 18.7 Å². The molecule has 8 heteroatoms. The van der Waals surface area contributed by atoms with Gasteiger partial charge in [-0.1, -0.05) is 0 Å². The molecule has 0 saturated heterocycles. The van der Waals surface area contributed by atoms with E-state index in [1.165, 1.54) is 17.1 Å². The van der Waals surface area contributed by atoms with Crippen LogP contribution in [-0.2, 0) is 14.8 Å². The molecule has 0 atom stereocenters. The zero-order valence-corrected chi connectivity index (χ0v) is 22.8. The minimum atomic E-state index is -3.66. The van der Waals surface area contributed by atoms with Gasteiger partial charge >= 0.3 is 0 Å². The molecule has 34 heavy (non-hydrogen) atoms. The lowest BCUT2D eigenvalue weighted by atomic mass is 9.83. The van der Waals surface area contributed by atoms with Crippen LogP contribution in [0.4, 0.5) is 0 Å². The summed E-state index contributed by atoms with van der Waals surface area (Å²) in [5.41, 5.74) is 1.30. The largest absolute Gasteiger partial charge is 0.497 e. The lowest BCUT2D eigenvalue weighted by Gasteiger charge is -2.29. The molecule has 1 aliphatic carbocycles. The number of carbonyl (C=O) groups excluding carboxylic acids is 1. The van der Waals surface area contributed by atoms with Gasteiger partial charge < -0.3 is 15.0 Å². The molecule has 0 amide bonds. The molecule has 1 aromatic carbocycles. The fourth-order valence-electron chi connectivity index (χ4n) is 4.85. The average Bonchev–Trinajstić information content (AvgIpc) is 2.77. The van der Waals surface area contributed by atoms with Gasteiger partial charge in [0.05, 0.1) is 12.0 Å². The van der Waals surface area contributed by atoms with Crippen molar-refractivity contribution in [3.63, 3.8) is 0 Å². The summed E-state index contributed by atoms with van der Waals surface area (Å²) in [6.45, 7) is 5.95. The van der Waals surface area contributed by atoms with E-state index in [2.05, 4.69) is 24.3 Å². The van der Waals surface area contributed by atoms with E-state index in [4.69, 9.17) is 4.74 Å². The van der Waals surface area contributed by atoms with Crippen molar-refractivity contribution < 1.29 is 17.9 Å². The fraction of sp³-hybridized carbons (Fsp3) is 0.731. The van der Waals surface area contributed by atoms with Gasteiger partial charge in [0.25, 0.3) is 0 Å². The highest BCUT2D eigenvalue weighted by molar-refractivity contribution is 7.89. The molecule has 1 aliphatic rings. The maximum Gasteiger partial charge on any atom is 0.243 e. The number of nitrogens with zero attached hydrogens (tertiary/aromatic N) is 2. The molecule has 0 spiro atoms. The quantitative estimate of drug-likeness (QED) is 0.396. The summed E-state index contributed by atoms with van der Waals surface area (Å²) in [4.78, 5) is 15.1. The van der Waals surface area contributed by atoms with Crippen LogP contribution >= 0.6 is 0 Å². The van der Waals surface area contributed by atoms with Crippen molar-refractivity contribution in [2.24, 2.45) is 5.92 Å². The van der Waals surface area contributed by atoms with E-state index in [0.29, 0.717) is 40.2 Å². The Balaban J connectivity index is 1.75. The van der Waals surface area contributed by atoms with E-state index in [1.807, 2.05) is 0 Å². The lowest BCUT2D eigenvalue weighted by Crippen LogP contribution is -2.34. The summed E-state index contributed by atoms with van der Waals surface area (Å²) >= 11 is 0. The SMILES string of the molecule is COc1cc(C)c(S(=O)(=O)N(C)CCC(=O)CC2CCC(NCCCCN(C)C)CC2)c(C)c1. The molecule has 0 heterocycles. The molecule has 0 aliphatic heterocycles. The van der Waals surface area contributed by atoms with Crippen LogP contribution in [0.25, 0.3) is 0 Å². The Morgan fingerprint density at radius 1 is 1.03 bits per heavy atom. The molecule has 0 aromatic heterocycles. The number of hydrogen-bond donors (Lipinski definition) is 1. The second-order valence-corrected chi connectivity index (χ2v) is 12.1. The number of ether oxygens (including phenoxy) is 1. The number of Topliss-reactive ketones (excluding diaryl/α,β-unsaturated/α-hetero) is 1. The third-order valence-electron chi connectivity index (χ3n) is 6.87. The summed E-state index contributed by atoms with van der Waals surface area (Å²) in [6.07, 6.45) is 7.61. The van der Waals surface area contributed by atoms with Crippen LogP contribution in [0.3, 0.4) is 0 Å². The van der Waals surface area contributed by atoms with Gasteiger partial charge in [-0.25, -0.2) is 12.7 Å². The Morgan fingerprint density at radius 3 is 2.21 bits per heavy atom. The molecule has 1 fully saturated rings. The molecule has 7 nitrogen and oxygen atoms in total. The van der Waals surface area contributed by atoms with Crippen LogP contribution in [0.5, 0.6) is 5.75 Å². The molecule has 2 rings (SSSR count). The number of sulfonamides is 1. The first-order valence-corrected chi connectivity index (χ1v) is 14.0. The molecule has 1 N–H and O–H groups in total. The maximum absolute atomic E-state index is 13.1. The van der Waals surface area contributed by atoms with Crippen molar-refractivity contribution in [3.8, 4) is 5.75 Å². The third kappa shape index (κ3) is 8.63. The first-order chi connectivity index (χ1) is 16.0. The summed E-state index contributed by atoms with van der Waals surface area (Å²) in [5.74, 6) is 1.22. The van der Waals surface area contributed by atoms with Gasteiger partial charge in [0.2, 0.25) is 10.0 Å². The van der Waals surface area contributed by atoms with Crippen LogP contribution in [0.15, 0.2) is 17.0 Å². The fourth-order valence-corrected chi connectivity index (χ4v) is 6.42. The van der Waals surface area contributed by atoms with E-state index < -0.39 is 10.0 Å². The summed E-state index contributed by atoms with van der Waals surface area (Å²) in [5, 5.41) is 3.67. The first kappa shape index (κ1) is 28.8. The van der Waals surface area contributed by atoms with Crippen molar-refractivity contribution in [1.82, 2.24) is 14.5 Å². The Hall–Kier alpha value is -1.48. The number of nitrogens with one attached hydrogen (secondary N) is 1. The van der Waals surface area contributed by atoms with Crippen LogP contribution < -0.4 is 10.1 Å². The molecular weight excluding hydrogens is 450 g/mol. The number of aryl methyl sites for hydroxylation is 2. The zero-order chi connectivity index (χ0) is 25.3. The lowest BCUT2D eigenvalue weighted by molar-refractivity contribution is -0.120. The highest BCUT2D eigenvalue weighted by atomic mass is 32.2. The van der Waals surface area contributed by atoms with Gasteiger partial charge in [-0.3, -0.25) is 4.79 Å². The van der Waals surface area contributed by atoms with Crippen molar-refractivity contribution in [2.75, 3.05) is 47.9 Å². The Labute approximate surface area is 207 Å². The third-order valence-corrected chi connectivity index (χ3v) is 9.03. The summed E-state index contributed by atoms with van der Waals surface area (Å²) in [7, 11) is 3.67. The number of hydrogen-bond acceptors (Lipinski definition) is 6. The number of unbranched alkanes of at least 4 members (excludes halogenated alkanes) is 1. The van der Waals surface area contributed by atoms with Crippen molar-refractivity contribution in [3.05, 3.63) is 23.3 Å². The standard InChI is InChI=1S/C26H45N3O4S/c1-20-17-25(33-6)18-21(2)26(20)34(31,32)29(5)16-13-24(30)19-22-9-11-23(12-10-22)27-14-7-8-15-28(3)4/h17-18,22-23,27H,7-16,19H2,1-6H3. The number of rotatable bonds is 14. The van der Waals surface area contributed by atoms with Crippen molar-refractivity contribution in [2.45, 2.75) is 76.2 Å². The highest BCUT2D eigenvalue weighted by Gasteiger charge is 2.27. The average molecular weight is 496 g/mol. The molecule has 0 radical (unpaired) electrons. The molecule has 0 unspecified atom stereocenters. The van der Waals surface area contributed by atoms with Gasteiger partial charge in [-0.2, -0.15) is 0 Å². The topological polar surface area (TPSA) is 79.0 Å². The maximum atomic E-state index is 13.1. The zero-order valence-electron chi connectivity index (χ0n) is 22.0. The predicted molar refractivity (Wildman–Crippen MR) is 138 cm³/mol. The van der Waals surface area contributed by atoms with Crippen LogP contribution in [0, 0.1) is 19.8 Å². The number of methoxy groups -OCH3 is 1. The predicted octanol–water partition coefficient (Wildman–Crippen LogP) is 3.77. The van der Waals surface area contributed by atoms with E-state index in [9.17, 15) is 13.2 Å². The molecular formula is C26H45N3O4S. The Bertz CT molecular complexity index is 870. The molecule has 0 bridgehead atoms. The number of carbonyl (C=O) groups is 1. The normalized spacial score (nSPS) is 19.1. The Morgan fingerprint density at radius 2 is 1.65 bits per heavy atom. The van der Waals surface area contributed by atoms with E-state index in [0.717, 1.165) is 38.8 Å². The van der Waals surface area contributed by atoms with E-state index >= 15 is 0 Å². The molecule has 194 valence electrons. The van der Waals surface area contributed by atoms with E-state index in [1.54, 1.807) is 40.1 Å². The van der Waals surface area contributed by atoms with Crippen molar-refractivity contribution >= 4 is 15.8 Å². The highest BCUT2D eigenvalue weighted by Crippen LogP contribution is 2.29. The Kier molecular flexibility index (Phi) is 11.5. The number of ketones is 1.